The van der Waals surface area contributed by atoms with E-state index in [2.05, 4.69) is 117 Å². The first kappa shape index (κ1) is 47.8. The summed E-state index contributed by atoms with van der Waals surface area (Å²) in [6, 6.07) is 15.0. The zero-order chi connectivity index (χ0) is 38.2. The number of phenolic OH excluding ortho intramolecular Hbond substituents is 2. The van der Waals surface area contributed by atoms with Gasteiger partial charge < -0.3 is 19.7 Å². The van der Waals surface area contributed by atoms with Crippen LogP contribution in [0.1, 0.15) is 133 Å². The fourth-order valence-electron chi connectivity index (χ4n) is 6.81. The Hall–Kier alpha value is -2.20. The molecule has 0 radical (unpaired) electrons. The molecule has 0 amide bonds. The molecule has 0 aliphatic heterocycles. The van der Waals surface area contributed by atoms with Crippen LogP contribution in [0, 0.1) is 0 Å². The van der Waals surface area contributed by atoms with E-state index in [0.717, 1.165) is 65.2 Å². The summed E-state index contributed by atoms with van der Waals surface area (Å²) >= 11 is 0. The van der Waals surface area contributed by atoms with Gasteiger partial charge in [-0.1, -0.05) is 93.5 Å². The average molecular weight is 703 g/mol. The fraction of sp³-hybridized carbons (Fsp3) is 0.714. The lowest BCUT2D eigenvalue weighted by atomic mass is 9.78. The van der Waals surface area contributed by atoms with Gasteiger partial charge in [-0.05, 0) is 140 Å². The van der Waals surface area contributed by atoms with Gasteiger partial charge in [-0.3, -0.25) is 19.6 Å². The molecule has 2 aromatic rings. The third-order valence-electron chi connectivity index (χ3n) is 10.1. The second kappa shape index (κ2) is 27.5. The maximum Gasteiger partial charge on any atom is 0.115 e. The van der Waals surface area contributed by atoms with Crippen molar-refractivity contribution in [2.75, 3.05) is 52.4 Å². The summed E-state index contributed by atoms with van der Waals surface area (Å²) in [7, 11) is 0. The smallest absolute Gasteiger partial charge is 0.115 e. The van der Waals surface area contributed by atoms with E-state index >= 15 is 0 Å². The molecular weight excluding hydrogens is 624 g/mol. The normalized spacial score (nSPS) is 15.2. The van der Waals surface area contributed by atoms with Gasteiger partial charge in [0.05, 0.1) is 0 Å². The van der Waals surface area contributed by atoms with E-state index in [1.165, 1.54) is 11.1 Å². The minimum atomic E-state index is 0.204. The minimum absolute atomic E-state index is 0.204. The monoisotopic (exact) mass is 703 g/mol. The van der Waals surface area contributed by atoms with Crippen LogP contribution in [-0.2, 0) is 9.47 Å². The van der Waals surface area contributed by atoms with E-state index in [4.69, 9.17) is 9.47 Å². The van der Waals surface area contributed by atoms with Gasteiger partial charge in [0, 0.05) is 0 Å². The van der Waals surface area contributed by atoms with Crippen LogP contribution in [0.5, 0.6) is 11.5 Å². The third kappa shape index (κ3) is 16.9. The molecule has 0 bridgehead atoms. The Morgan fingerprint density at radius 3 is 0.760 bits per heavy atom. The van der Waals surface area contributed by atoms with E-state index in [-0.39, 0.29) is 24.9 Å². The Bertz CT molecular complexity index is 937. The van der Waals surface area contributed by atoms with Gasteiger partial charge >= 0.3 is 0 Å². The number of phenols is 2. The van der Waals surface area contributed by atoms with Crippen LogP contribution in [0.2, 0.25) is 0 Å². The molecule has 0 spiro atoms. The molecule has 0 saturated carbocycles. The van der Waals surface area contributed by atoms with Gasteiger partial charge in [-0.25, -0.2) is 0 Å². The lowest BCUT2D eigenvalue weighted by molar-refractivity contribution is -0.135. The highest BCUT2D eigenvalue weighted by Gasteiger charge is 2.22. The number of nitrogens with zero attached hydrogens (tertiary/aromatic N) is 4. The van der Waals surface area contributed by atoms with Crippen LogP contribution in [0.15, 0.2) is 48.5 Å². The van der Waals surface area contributed by atoms with Crippen LogP contribution < -0.4 is 0 Å². The molecule has 6 unspecified atom stereocenters. The van der Waals surface area contributed by atoms with Crippen LogP contribution >= 0.6 is 0 Å². The van der Waals surface area contributed by atoms with Gasteiger partial charge in [0.25, 0.3) is 0 Å². The second-order valence-corrected chi connectivity index (χ2v) is 12.8. The van der Waals surface area contributed by atoms with Crippen LogP contribution in [0.3, 0.4) is 0 Å². The van der Waals surface area contributed by atoms with Crippen molar-refractivity contribution < 1.29 is 19.7 Å². The van der Waals surface area contributed by atoms with Gasteiger partial charge in [-0.2, -0.15) is 0 Å². The summed E-state index contributed by atoms with van der Waals surface area (Å²) in [5, 5.41) is 18.9. The van der Waals surface area contributed by atoms with Crippen molar-refractivity contribution in [3.63, 3.8) is 0 Å². The Kier molecular flexibility index (Phi) is 26.2. The number of rotatable bonds is 21. The highest BCUT2D eigenvalue weighted by atomic mass is 16.5. The molecule has 0 fully saturated rings. The van der Waals surface area contributed by atoms with E-state index in [1.54, 1.807) is 24.3 Å². The van der Waals surface area contributed by atoms with Crippen molar-refractivity contribution in [2.45, 2.75) is 147 Å². The second-order valence-electron chi connectivity index (χ2n) is 12.8. The lowest BCUT2D eigenvalue weighted by Crippen LogP contribution is -2.42. The predicted molar refractivity (Wildman–Crippen MR) is 214 cm³/mol. The molecule has 0 saturated heterocycles. The largest absolute Gasteiger partial charge is 0.508 e. The Labute approximate surface area is 308 Å². The quantitative estimate of drug-likeness (QED) is 0.125. The highest BCUT2D eigenvalue weighted by Crippen LogP contribution is 2.38. The van der Waals surface area contributed by atoms with E-state index in [1.807, 2.05) is 24.3 Å². The summed E-state index contributed by atoms with van der Waals surface area (Å²) in [4.78, 5) is 9.28. The van der Waals surface area contributed by atoms with Crippen molar-refractivity contribution in [1.29, 1.82) is 0 Å². The van der Waals surface area contributed by atoms with Gasteiger partial charge in [0.15, 0.2) is 0 Å². The summed E-state index contributed by atoms with van der Waals surface area (Å²) in [6.45, 7) is 38.6. The number of hydrogen-bond donors (Lipinski definition) is 2. The maximum absolute atomic E-state index is 9.43. The molecule has 0 aliphatic rings. The van der Waals surface area contributed by atoms with E-state index in [9.17, 15) is 10.2 Å². The molecule has 2 N–H and O–H groups in total. The van der Waals surface area contributed by atoms with Crippen molar-refractivity contribution in [3.8, 4) is 11.5 Å². The first-order valence-electron chi connectivity index (χ1n) is 19.7. The average Bonchev–Trinajstić information content (AvgIpc) is 3.11. The van der Waals surface area contributed by atoms with Gasteiger partial charge in [0.2, 0.25) is 0 Å². The van der Waals surface area contributed by atoms with E-state index in [0.29, 0.717) is 23.3 Å². The van der Waals surface area contributed by atoms with Gasteiger partial charge in [0.1, 0.15) is 36.4 Å². The molecule has 0 heterocycles. The summed E-state index contributed by atoms with van der Waals surface area (Å²) in [5.41, 5.74) is 2.51. The van der Waals surface area contributed by atoms with Crippen LogP contribution in [-0.4, -0.2) is 107 Å². The van der Waals surface area contributed by atoms with Crippen molar-refractivity contribution in [2.24, 2.45) is 0 Å². The molecule has 50 heavy (non-hydrogen) atoms. The Morgan fingerprint density at radius 2 is 0.600 bits per heavy atom. The van der Waals surface area contributed by atoms with Crippen LogP contribution in [0.25, 0.3) is 0 Å². The minimum Gasteiger partial charge on any atom is -0.508 e. The van der Waals surface area contributed by atoms with Crippen LogP contribution in [0.4, 0.5) is 0 Å². The third-order valence-corrected chi connectivity index (χ3v) is 10.1. The van der Waals surface area contributed by atoms with Crippen molar-refractivity contribution in [3.05, 3.63) is 59.7 Å². The van der Waals surface area contributed by atoms with Crippen molar-refractivity contribution >= 4 is 0 Å². The van der Waals surface area contributed by atoms with Crippen molar-refractivity contribution in [1.82, 2.24) is 19.6 Å². The topological polar surface area (TPSA) is 71.9 Å². The number of aromatic hydroxyl groups is 2. The summed E-state index contributed by atoms with van der Waals surface area (Å²) in [5.74, 6) is 1.46. The predicted octanol–water partition coefficient (Wildman–Crippen LogP) is 9.54. The Balaban J connectivity index is 0.000000735. The maximum atomic E-state index is 9.43. The zero-order valence-corrected chi connectivity index (χ0v) is 34.7. The summed E-state index contributed by atoms with van der Waals surface area (Å²) < 4.78 is 12.0. The number of benzene rings is 2. The molecule has 0 aliphatic carbocycles. The molecule has 290 valence electrons. The fourth-order valence-corrected chi connectivity index (χ4v) is 6.81. The van der Waals surface area contributed by atoms with Gasteiger partial charge in [-0.15, -0.1) is 0 Å². The Morgan fingerprint density at radius 1 is 0.400 bits per heavy atom. The molecule has 2 rings (SSSR count). The molecule has 2 aromatic carbocycles. The molecule has 8 nitrogen and oxygen atoms in total. The molecule has 0 aromatic heterocycles. The highest BCUT2D eigenvalue weighted by molar-refractivity contribution is 5.34. The SMILES string of the molecule is CCC(c1ccc(O)cc1)C(CC)c1ccc(O)cc1.CCN(CC)C(C)OC(C)N(CC)CC.CCN(CC)C(C)OC(C)N(CC)CC. The molecular formula is C42H78N4O4. The first-order chi connectivity index (χ1) is 23.8. The van der Waals surface area contributed by atoms with E-state index < -0.39 is 0 Å². The number of hydrogen-bond acceptors (Lipinski definition) is 8. The standard InChI is InChI=1S/C18H22O2.2C12H28N2O/c1-3-17(13-5-9-15(19)10-6-13)18(4-2)14-7-11-16(20)12-8-14;2*1-7-13(8-2)11(5)15-12(6)14(9-3)10-4/h5-12,17-20H,3-4H2,1-2H3;2*11-12H,7-10H2,1-6H3. The molecule has 6 atom stereocenters. The molecule has 8 heteroatoms. The summed E-state index contributed by atoms with van der Waals surface area (Å²) in [6.07, 6.45) is 2.91. The zero-order valence-electron chi connectivity index (χ0n) is 34.7. The lowest BCUT2D eigenvalue weighted by Gasteiger charge is -2.33. The number of ether oxygens (including phenoxy) is 2. The first-order valence-corrected chi connectivity index (χ1v) is 19.7.